The average Bonchev–Trinajstić information content (AvgIpc) is 3.02. The fourth-order valence-corrected chi connectivity index (χ4v) is 5.50. The Kier molecular flexibility index (Phi) is 6.52. The van der Waals surface area contributed by atoms with Gasteiger partial charge in [-0.1, -0.05) is 11.6 Å². The molecule has 1 saturated heterocycles. The Hall–Kier alpha value is -2.39. The van der Waals surface area contributed by atoms with Crippen molar-refractivity contribution in [3.63, 3.8) is 0 Å². The zero-order valence-corrected chi connectivity index (χ0v) is 19.0. The van der Waals surface area contributed by atoms with Crippen molar-refractivity contribution >= 4 is 33.2 Å². The molecule has 0 saturated carbocycles. The second-order valence-corrected chi connectivity index (χ2v) is 9.25. The highest BCUT2D eigenvalue weighted by atomic mass is 35.5. The molecule has 0 atom stereocenters. The number of rotatable bonds is 6. The number of hydrogen-bond donors (Lipinski definition) is 2. The summed E-state index contributed by atoms with van der Waals surface area (Å²) in [6, 6.07) is 2.91. The highest BCUT2D eigenvalue weighted by Gasteiger charge is 2.32. The van der Waals surface area contributed by atoms with Crippen LogP contribution in [0.5, 0.6) is 11.5 Å². The van der Waals surface area contributed by atoms with Gasteiger partial charge in [0.1, 0.15) is 16.4 Å². The minimum absolute atomic E-state index is 0.0652. The van der Waals surface area contributed by atoms with Crippen LogP contribution < -0.4 is 14.2 Å². The summed E-state index contributed by atoms with van der Waals surface area (Å²) in [4.78, 5) is 17.8. The summed E-state index contributed by atoms with van der Waals surface area (Å²) in [7, 11) is -1.25. The van der Waals surface area contributed by atoms with Crippen LogP contribution >= 0.6 is 11.6 Å². The number of anilines is 1. The van der Waals surface area contributed by atoms with E-state index in [9.17, 15) is 13.2 Å². The zero-order chi connectivity index (χ0) is 22.1. The minimum atomic E-state index is -4.11. The van der Waals surface area contributed by atoms with Gasteiger partial charge in [-0.3, -0.25) is 9.52 Å². The van der Waals surface area contributed by atoms with E-state index in [0.29, 0.717) is 30.2 Å². The van der Waals surface area contributed by atoms with Crippen LogP contribution in [0.3, 0.4) is 0 Å². The number of piperidine rings is 1. The third-order valence-electron chi connectivity index (χ3n) is 5.16. The normalized spacial score (nSPS) is 14.5. The molecule has 2 heterocycles. The van der Waals surface area contributed by atoms with Crippen molar-refractivity contribution in [3.8, 4) is 11.5 Å². The van der Waals surface area contributed by atoms with E-state index in [0.717, 1.165) is 19.3 Å². The maximum Gasteiger partial charge on any atom is 0.264 e. The molecule has 1 fully saturated rings. The molecule has 8 nitrogen and oxygen atoms in total. The molecule has 3 rings (SSSR count). The first-order valence-corrected chi connectivity index (χ1v) is 11.5. The monoisotopic (exact) mass is 455 g/mol. The number of benzene rings is 1. The summed E-state index contributed by atoms with van der Waals surface area (Å²) in [6.07, 6.45) is 2.89. The standard InChI is InChI=1S/C20H26ClN3O5S/c1-12-18(20(25)24-8-6-5-7-9-24)19(13(2)22-12)30(26,27)23-15-10-14(21)16(28-3)11-17(15)29-4/h10-11,22-23H,5-9H2,1-4H3. The molecule has 0 aliphatic carbocycles. The summed E-state index contributed by atoms with van der Waals surface area (Å²) in [5.74, 6) is 0.316. The Balaban J connectivity index is 2.03. The number of carbonyl (C=O) groups excluding carboxylic acids is 1. The summed E-state index contributed by atoms with van der Waals surface area (Å²) >= 11 is 6.17. The first kappa shape index (κ1) is 22.3. The molecule has 1 aromatic heterocycles. The highest BCUT2D eigenvalue weighted by Crippen LogP contribution is 2.38. The second kappa shape index (κ2) is 8.77. The molecule has 1 aliphatic rings. The number of aromatic nitrogens is 1. The first-order chi connectivity index (χ1) is 14.2. The average molecular weight is 456 g/mol. The topological polar surface area (TPSA) is 101 Å². The van der Waals surface area contributed by atoms with Gasteiger partial charge in [-0.05, 0) is 39.2 Å². The van der Waals surface area contributed by atoms with Crippen molar-refractivity contribution in [1.29, 1.82) is 0 Å². The molecule has 0 bridgehead atoms. The van der Waals surface area contributed by atoms with Gasteiger partial charge in [0.15, 0.2) is 0 Å². The molecule has 0 spiro atoms. The first-order valence-electron chi connectivity index (χ1n) is 9.62. The van der Waals surface area contributed by atoms with Gasteiger partial charge in [-0.15, -0.1) is 0 Å². The van der Waals surface area contributed by atoms with Gasteiger partial charge in [0, 0.05) is 30.5 Å². The van der Waals surface area contributed by atoms with Crippen molar-refractivity contribution < 1.29 is 22.7 Å². The van der Waals surface area contributed by atoms with E-state index < -0.39 is 10.0 Å². The Labute approximate surface area is 181 Å². The quantitative estimate of drug-likeness (QED) is 0.691. The number of sulfonamides is 1. The summed E-state index contributed by atoms with van der Waals surface area (Å²) in [6.45, 7) is 4.58. The molecule has 164 valence electrons. The lowest BCUT2D eigenvalue weighted by atomic mass is 10.1. The summed E-state index contributed by atoms with van der Waals surface area (Å²) in [5.41, 5.74) is 1.22. The summed E-state index contributed by atoms with van der Waals surface area (Å²) in [5, 5.41) is 0.225. The third kappa shape index (κ3) is 4.22. The van der Waals surface area contributed by atoms with Crippen LogP contribution in [0.25, 0.3) is 0 Å². The Morgan fingerprint density at radius 3 is 2.30 bits per heavy atom. The van der Waals surface area contributed by atoms with Crippen molar-refractivity contribution in [2.75, 3.05) is 32.0 Å². The molecule has 1 aromatic carbocycles. The lowest BCUT2D eigenvalue weighted by Gasteiger charge is -2.27. The predicted molar refractivity (Wildman–Crippen MR) is 115 cm³/mol. The maximum atomic E-state index is 13.3. The number of amides is 1. The number of aryl methyl sites for hydroxylation is 2. The van der Waals surface area contributed by atoms with Crippen LogP contribution in [0.1, 0.15) is 41.0 Å². The Morgan fingerprint density at radius 2 is 1.70 bits per heavy atom. The minimum Gasteiger partial charge on any atom is -0.495 e. The van der Waals surface area contributed by atoms with E-state index >= 15 is 0 Å². The molecule has 10 heteroatoms. The van der Waals surface area contributed by atoms with Crippen LogP contribution in [0.2, 0.25) is 5.02 Å². The van der Waals surface area contributed by atoms with Crippen molar-refractivity contribution in [2.24, 2.45) is 0 Å². The number of likely N-dealkylation sites (tertiary alicyclic amines) is 1. The molecule has 1 aliphatic heterocycles. The fraction of sp³-hybridized carbons (Fsp3) is 0.450. The second-order valence-electron chi connectivity index (χ2n) is 7.22. The van der Waals surface area contributed by atoms with E-state index in [1.165, 1.54) is 26.4 Å². The van der Waals surface area contributed by atoms with Gasteiger partial charge in [-0.25, -0.2) is 8.42 Å². The lowest BCUT2D eigenvalue weighted by Crippen LogP contribution is -2.36. The van der Waals surface area contributed by atoms with E-state index in [4.69, 9.17) is 21.1 Å². The molecule has 1 amide bonds. The number of nitrogens with zero attached hydrogens (tertiary/aromatic N) is 1. The van der Waals surface area contributed by atoms with Gasteiger partial charge >= 0.3 is 0 Å². The van der Waals surface area contributed by atoms with Crippen LogP contribution in [-0.4, -0.2) is 51.5 Å². The van der Waals surface area contributed by atoms with Crippen LogP contribution in [-0.2, 0) is 10.0 Å². The van der Waals surface area contributed by atoms with Gasteiger partial charge in [0.05, 0.1) is 30.5 Å². The van der Waals surface area contributed by atoms with Crippen LogP contribution in [0.4, 0.5) is 5.69 Å². The maximum absolute atomic E-state index is 13.3. The molecule has 0 unspecified atom stereocenters. The highest BCUT2D eigenvalue weighted by molar-refractivity contribution is 7.92. The van der Waals surface area contributed by atoms with E-state index in [-0.39, 0.29) is 32.8 Å². The Morgan fingerprint density at radius 1 is 1.07 bits per heavy atom. The van der Waals surface area contributed by atoms with E-state index in [1.807, 2.05) is 0 Å². The molecule has 30 heavy (non-hydrogen) atoms. The molecule has 2 N–H and O–H groups in total. The number of methoxy groups -OCH3 is 2. The Bertz CT molecular complexity index is 1060. The number of halogens is 1. The largest absolute Gasteiger partial charge is 0.495 e. The van der Waals surface area contributed by atoms with Crippen molar-refractivity contribution in [3.05, 3.63) is 34.1 Å². The molecular weight excluding hydrogens is 430 g/mol. The number of hydrogen-bond acceptors (Lipinski definition) is 5. The number of ether oxygens (including phenoxy) is 2. The number of carbonyl (C=O) groups is 1. The van der Waals surface area contributed by atoms with E-state index in [2.05, 4.69) is 9.71 Å². The predicted octanol–water partition coefficient (Wildman–Crippen LogP) is 3.73. The van der Waals surface area contributed by atoms with Crippen molar-refractivity contribution in [2.45, 2.75) is 38.0 Å². The number of aromatic amines is 1. The summed E-state index contributed by atoms with van der Waals surface area (Å²) < 4.78 is 39.6. The van der Waals surface area contributed by atoms with Crippen LogP contribution in [0, 0.1) is 13.8 Å². The smallest absolute Gasteiger partial charge is 0.264 e. The van der Waals surface area contributed by atoms with E-state index in [1.54, 1.807) is 18.7 Å². The van der Waals surface area contributed by atoms with Crippen LogP contribution in [0.15, 0.2) is 17.0 Å². The zero-order valence-electron chi connectivity index (χ0n) is 17.5. The molecule has 2 aromatic rings. The van der Waals surface area contributed by atoms with Gasteiger partial charge < -0.3 is 19.4 Å². The SMILES string of the molecule is COc1cc(OC)c(NS(=O)(=O)c2c(C)[nH]c(C)c2C(=O)N2CCCCC2)cc1Cl. The van der Waals surface area contributed by atoms with Gasteiger partial charge in [0.2, 0.25) is 0 Å². The van der Waals surface area contributed by atoms with Gasteiger partial charge in [-0.2, -0.15) is 0 Å². The van der Waals surface area contributed by atoms with Gasteiger partial charge in [0.25, 0.3) is 15.9 Å². The molecular formula is C20H26ClN3O5S. The third-order valence-corrected chi connectivity index (χ3v) is 6.99. The fourth-order valence-electron chi connectivity index (χ4n) is 3.74. The molecule has 0 radical (unpaired) electrons. The lowest BCUT2D eigenvalue weighted by molar-refractivity contribution is 0.0720. The number of H-pyrrole nitrogens is 1. The number of nitrogens with one attached hydrogen (secondary N) is 2. The van der Waals surface area contributed by atoms with Crippen molar-refractivity contribution in [1.82, 2.24) is 9.88 Å².